The molecule has 4 rings (SSSR count). The third kappa shape index (κ3) is 6.23. The first-order valence-electron chi connectivity index (χ1n) is 12.4. The lowest BCUT2D eigenvalue weighted by molar-refractivity contribution is 0.0140. The fourth-order valence-electron chi connectivity index (χ4n) is 4.22. The number of carbonyl (C=O) groups is 3. The predicted octanol–water partition coefficient (Wildman–Crippen LogP) is 4.59. The summed E-state index contributed by atoms with van der Waals surface area (Å²) in [7, 11) is 0. The quantitative estimate of drug-likeness (QED) is 0.436. The van der Waals surface area contributed by atoms with E-state index in [-0.39, 0.29) is 43.1 Å². The number of benzene rings is 3. The summed E-state index contributed by atoms with van der Waals surface area (Å²) in [5.74, 6) is -1.35. The normalized spacial score (nSPS) is 13.7. The molecule has 1 fully saturated rings. The van der Waals surface area contributed by atoms with E-state index in [0.717, 1.165) is 5.56 Å². The summed E-state index contributed by atoms with van der Waals surface area (Å²) in [6.07, 6.45) is -0.443. The highest BCUT2D eigenvalue weighted by Crippen LogP contribution is 2.32. The lowest BCUT2D eigenvalue weighted by Gasteiger charge is -2.36. The van der Waals surface area contributed by atoms with Gasteiger partial charge in [-0.3, -0.25) is 9.59 Å². The van der Waals surface area contributed by atoms with Crippen LogP contribution in [0, 0.1) is 0 Å². The Bertz CT molecular complexity index is 1340. The van der Waals surface area contributed by atoms with Gasteiger partial charge >= 0.3 is 6.09 Å². The third-order valence-corrected chi connectivity index (χ3v) is 6.05. The van der Waals surface area contributed by atoms with E-state index in [4.69, 9.17) is 10.5 Å². The molecule has 3 aromatic carbocycles. The highest BCUT2D eigenvalue weighted by Gasteiger charge is 2.31. The molecule has 0 atom stereocenters. The van der Waals surface area contributed by atoms with Gasteiger partial charge in [-0.1, -0.05) is 36.4 Å². The molecule has 1 heterocycles. The number of aromatic hydroxyl groups is 1. The number of piperazine rings is 1. The van der Waals surface area contributed by atoms with E-state index in [0.29, 0.717) is 16.9 Å². The second-order valence-electron chi connectivity index (χ2n) is 10.1. The number of anilines is 2. The molecular weight excluding hydrogens is 484 g/mol. The zero-order chi connectivity index (χ0) is 27.4. The van der Waals surface area contributed by atoms with Crippen molar-refractivity contribution in [3.63, 3.8) is 0 Å². The average Bonchev–Trinajstić information content (AvgIpc) is 2.87. The van der Waals surface area contributed by atoms with E-state index < -0.39 is 23.5 Å². The van der Waals surface area contributed by atoms with Crippen LogP contribution in [0.15, 0.2) is 66.7 Å². The van der Waals surface area contributed by atoms with Crippen molar-refractivity contribution in [2.24, 2.45) is 0 Å². The maximum absolute atomic E-state index is 13.6. The van der Waals surface area contributed by atoms with Crippen LogP contribution in [0.5, 0.6) is 5.75 Å². The molecule has 0 aliphatic carbocycles. The van der Waals surface area contributed by atoms with Gasteiger partial charge in [0.15, 0.2) is 0 Å². The van der Waals surface area contributed by atoms with Crippen LogP contribution in [0.3, 0.4) is 0 Å². The van der Waals surface area contributed by atoms with Crippen LogP contribution < -0.4 is 11.1 Å². The average molecular weight is 517 g/mol. The van der Waals surface area contributed by atoms with Gasteiger partial charge in [0, 0.05) is 37.6 Å². The lowest BCUT2D eigenvalue weighted by atomic mass is 9.96. The molecule has 0 spiro atoms. The van der Waals surface area contributed by atoms with Gasteiger partial charge in [-0.05, 0) is 62.2 Å². The number of ether oxygens (including phenoxy) is 1. The first-order chi connectivity index (χ1) is 18.0. The number of phenols is 1. The summed E-state index contributed by atoms with van der Waals surface area (Å²) in [5, 5.41) is 13.8. The molecule has 4 N–H and O–H groups in total. The summed E-state index contributed by atoms with van der Waals surface area (Å²) < 4.78 is 5.43. The predicted molar refractivity (Wildman–Crippen MR) is 146 cm³/mol. The minimum atomic E-state index is -0.623. The Hall–Kier alpha value is -4.53. The highest BCUT2D eigenvalue weighted by atomic mass is 16.6. The Morgan fingerprint density at radius 3 is 2.16 bits per heavy atom. The standard InChI is InChI=1S/C29H32N4O5/c1-29(2,3)38-28(37)33-14-12-32(13-15-33)27(36)25-23(26(35)31-22-11-7-10-21(30)18-22)16-20(17-24(25)34)19-8-5-4-6-9-19/h4-11,16-18,34H,12-15,30H2,1-3H3,(H,31,35). The number of amides is 3. The van der Waals surface area contributed by atoms with Crippen LogP contribution in [0.25, 0.3) is 11.1 Å². The van der Waals surface area contributed by atoms with Crippen molar-refractivity contribution in [1.29, 1.82) is 0 Å². The van der Waals surface area contributed by atoms with Gasteiger partial charge < -0.3 is 30.7 Å². The number of phenolic OH excluding ortho intramolecular Hbond substituents is 1. The zero-order valence-corrected chi connectivity index (χ0v) is 21.7. The minimum Gasteiger partial charge on any atom is -0.507 e. The maximum atomic E-state index is 13.6. The molecule has 38 heavy (non-hydrogen) atoms. The Morgan fingerprint density at radius 1 is 0.868 bits per heavy atom. The maximum Gasteiger partial charge on any atom is 0.410 e. The van der Waals surface area contributed by atoms with Gasteiger partial charge in [-0.25, -0.2) is 4.79 Å². The molecule has 0 radical (unpaired) electrons. The van der Waals surface area contributed by atoms with E-state index in [1.165, 1.54) is 11.0 Å². The number of nitrogens with zero attached hydrogens (tertiary/aromatic N) is 2. The van der Waals surface area contributed by atoms with Crippen molar-refractivity contribution in [2.75, 3.05) is 37.2 Å². The summed E-state index contributed by atoms with van der Waals surface area (Å²) >= 11 is 0. The minimum absolute atomic E-state index is 0.0332. The second kappa shape index (κ2) is 10.8. The van der Waals surface area contributed by atoms with Crippen LogP contribution in [-0.4, -0.2) is 64.6 Å². The number of carbonyl (C=O) groups excluding carboxylic acids is 3. The van der Waals surface area contributed by atoms with Crippen molar-refractivity contribution >= 4 is 29.3 Å². The second-order valence-corrected chi connectivity index (χ2v) is 10.1. The van der Waals surface area contributed by atoms with Gasteiger partial charge in [0.1, 0.15) is 11.4 Å². The summed E-state index contributed by atoms with van der Waals surface area (Å²) in [5.41, 5.74) is 7.47. The van der Waals surface area contributed by atoms with Crippen molar-refractivity contribution in [3.8, 4) is 16.9 Å². The Kier molecular flexibility index (Phi) is 7.57. The Balaban J connectivity index is 1.63. The molecule has 1 aliphatic rings. The van der Waals surface area contributed by atoms with Crippen LogP contribution in [0.4, 0.5) is 16.2 Å². The lowest BCUT2D eigenvalue weighted by Crippen LogP contribution is -2.51. The van der Waals surface area contributed by atoms with E-state index in [1.54, 1.807) is 56.0 Å². The van der Waals surface area contributed by atoms with Gasteiger partial charge in [-0.15, -0.1) is 0 Å². The number of hydrogen-bond donors (Lipinski definition) is 3. The molecule has 3 amide bonds. The molecule has 9 nitrogen and oxygen atoms in total. The molecular formula is C29H32N4O5. The van der Waals surface area contributed by atoms with Crippen LogP contribution in [-0.2, 0) is 4.74 Å². The summed E-state index contributed by atoms with van der Waals surface area (Å²) in [6.45, 7) is 6.39. The molecule has 1 saturated heterocycles. The zero-order valence-electron chi connectivity index (χ0n) is 21.7. The Labute approximate surface area is 221 Å². The van der Waals surface area contributed by atoms with Crippen molar-refractivity contribution < 1.29 is 24.2 Å². The van der Waals surface area contributed by atoms with E-state index in [2.05, 4.69) is 5.32 Å². The van der Waals surface area contributed by atoms with Crippen molar-refractivity contribution in [1.82, 2.24) is 9.80 Å². The van der Waals surface area contributed by atoms with Crippen LogP contribution in [0.1, 0.15) is 41.5 Å². The fourth-order valence-corrected chi connectivity index (χ4v) is 4.22. The highest BCUT2D eigenvalue weighted by molar-refractivity contribution is 6.14. The largest absolute Gasteiger partial charge is 0.507 e. The summed E-state index contributed by atoms with van der Waals surface area (Å²) in [4.78, 5) is 42.6. The van der Waals surface area contributed by atoms with Gasteiger partial charge in [0.2, 0.25) is 0 Å². The monoisotopic (exact) mass is 516 g/mol. The van der Waals surface area contributed by atoms with Crippen molar-refractivity contribution in [3.05, 3.63) is 77.9 Å². The number of nitrogens with two attached hydrogens (primary N) is 1. The first kappa shape index (κ1) is 26.5. The molecule has 0 saturated carbocycles. The van der Waals surface area contributed by atoms with Crippen LogP contribution >= 0.6 is 0 Å². The van der Waals surface area contributed by atoms with E-state index >= 15 is 0 Å². The molecule has 0 aromatic heterocycles. The molecule has 9 heteroatoms. The summed E-state index contributed by atoms with van der Waals surface area (Å²) in [6, 6.07) is 19.1. The SMILES string of the molecule is CC(C)(C)OC(=O)N1CCN(C(=O)c2c(O)cc(-c3ccccc3)cc2C(=O)Nc2cccc(N)c2)CC1. The molecule has 3 aromatic rings. The topological polar surface area (TPSA) is 125 Å². The van der Waals surface area contributed by atoms with Gasteiger partial charge in [0.05, 0.1) is 11.1 Å². The molecule has 1 aliphatic heterocycles. The van der Waals surface area contributed by atoms with Crippen LogP contribution in [0.2, 0.25) is 0 Å². The number of nitrogen functional groups attached to an aromatic ring is 1. The van der Waals surface area contributed by atoms with Gasteiger partial charge in [0.25, 0.3) is 11.8 Å². The van der Waals surface area contributed by atoms with E-state index in [9.17, 15) is 19.5 Å². The van der Waals surface area contributed by atoms with Crippen molar-refractivity contribution in [2.45, 2.75) is 26.4 Å². The number of hydrogen-bond acceptors (Lipinski definition) is 6. The fraction of sp³-hybridized carbons (Fsp3) is 0.276. The first-order valence-corrected chi connectivity index (χ1v) is 12.4. The number of nitrogens with one attached hydrogen (secondary N) is 1. The molecule has 198 valence electrons. The van der Waals surface area contributed by atoms with E-state index in [1.807, 2.05) is 30.3 Å². The number of rotatable bonds is 4. The Morgan fingerprint density at radius 2 is 1.53 bits per heavy atom. The van der Waals surface area contributed by atoms with Gasteiger partial charge in [-0.2, -0.15) is 0 Å². The molecule has 0 bridgehead atoms. The molecule has 0 unspecified atom stereocenters. The smallest absolute Gasteiger partial charge is 0.410 e. The third-order valence-electron chi connectivity index (χ3n) is 6.05.